The van der Waals surface area contributed by atoms with Gasteiger partial charge in [0.25, 0.3) is 11.6 Å². The molecule has 1 N–H and O–H groups in total. The zero-order valence-electron chi connectivity index (χ0n) is 17.2. The van der Waals surface area contributed by atoms with Crippen molar-refractivity contribution in [1.82, 2.24) is 9.99 Å². The SMILES string of the molecule is COc1ccccc1C(=O)N/N=C\c1cc(C)n(-c2cc([N+](=O)[O-])ccc2C)c1C. The first-order valence-corrected chi connectivity index (χ1v) is 9.24. The van der Waals surface area contributed by atoms with Crippen LogP contribution in [0.1, 0.15) is 32.9 Å². The van der Waals surface area contributed by atoms with Gasteiger partial charge in [-0.2, -0.15) is 5.10 Å². The Labute approximate surface area is 173 Å². The van der Waals surface area contributed by atoms with Gasteiger partial charge in [0.05, 0.1) is 29.5 Å². The van der Waals surface area contributed by atoms with Crippen LogP contribution in [0.15, 0.2) is 53.6 Å². The van der Waals surface area contributed by atoms with Crippen molar-refractivity contribution in [2.45, 2.75) is 20.8 Å². The molecule has 30 heavy (non-hydrogen) atoms. The molecule has 0 unspecified atom stereocenters. The molecule has 3 aromatic rings. The summed E-state index contributed by atoms with van der Waals surface area (Å²) >= 11 is 0. The second-order valence-electron chi connectivity index (χ2n) is 6.79. The fourth-order valence-electron chi connectivity index (χ4n) is 3.29. The molecular formula is C22H22N4O4. The number of nitrogens with zero attached hydrogens (tertiary/aromatic N) is 3. The zero-order valence-corrected chi connectivity index (χ0v) is 17.2. The first-order chi connectivity index (χ1) is 14.3. The van der Waals surface area contributed by atoms with Gasteiger partial charge in [0.2, 0.25) is 0 Å². The molecule has 0 atom stereocenters. The summed E-state index contributed by atoms with van der Waals surface area (Å²) in [6.07, 6.45) is 1.55. The smallest absolute Gasteiger partial charge is 0.275 e. The number of nitro groups is 1. The number of non-ortho nitro benzene ring substituents is 1. The van der Waals surface area contributed by atoms with E-state index in [9.17, 15) is 14.9 Å². The Balaban J connectivity index is 1.87. The van der Waals surface area contributed by atoms with Crippen LogP contribution in [0.25, 0.3) is 5.69 Å². The van der Waals surface area contributed by atoms with Gasteiger partial charge in [-0.05, 0) is 44.5 Å². The molecule has 0 aliphatic rings. The molecule has 0 aliphatic heterocycles. The van der Waals surface area contributed by atoms with Gasteiger partial charge in [0.15, 0.2) is 0 Å². The number of hydrazone groups is 1. The lowest BCUT2D eigenvalue weighted by Gasteiger charge is -2.12. The maximum absolute atomic E-state index is 12.4. The van der Waals surface area contributed by atoms with Crippen LogP contribution in [0.5, 0.6) is 5.75 Å². The Hall–Kier alpha value is -3.94. The second-order valence-corrected chi connectivity index (χ2v) is 6.79. The maximum atomic E-state index is 12.4. The number of nitrogens with one attached hydrogen (secondary N) is 1. The predicted octanol–water partition coefficient (Wildman–Crippen LogP) is 4.08. The predicted molar refractivity (Wildman–Crippen MR) is 115 cm³/mol. The average Bonchev–Trinajstić information content (AvgIpc) is 3.01. The van der Waals surface area contributed by atoms with Crippen LogP contribution in [0.2, 0.25) is 0 Å². The fraction of sp³-hybridized carbons (Fsp3) is 0.182. The van der Waals surface area contributed by atoms with E-state index in [0.29, 0.717) is 11.3 Å². The molecular weight excluding hydrogens is 384 g/mol. The van der Waals surface area contributed by atoms with Gasteiger partial charge < -0.3 is 9.30 Å². The molecule has 0 aliphatic carbocycles. The van der Waals surface area contributed by atoms with Crippen molar-refractivity contribution in [3.05, 3.63) is 86.7 Å². The Kier molecular flexibility index (Phi) is 5.96. The molecule has 0 saturated carbocycles. The van der Waals surface area contributed by atoms with Crippen molar-refractivity contribution in [2.24, 2.45) is 5.10 Å². The van der Waals surface area contributed by atoms with E-state index in [-0.39, 0.29) is 11.6 Å². The lowest BCUT2D eigenvalue weighted by molar-refractivity contribution is -0.384. The molecule has 8 heteroatoms. The number of hydrogen-bond donors (Lipinski definition) is 1. The Bertz CT molecular complexity index is 1150. The van der Waals surface area contributed by atoms with Crippen LogP contribution < -0.4 is 10.2 Å². The van der Waals surface area contributed by atoms with Crippen molar-refractivity contribution < 1.29 is 14.5 Å². The number of nitro benzene ring substituents is 1. The summed E-state index contributed by atoms with van der Waals surface area (Å²) < 4.78 is 7.13. The maximum Gasteiger partial charge on any atom is 0.275 e. The van der Waals surface area contributed by atoms with Crippen LogP contribution in [-0.4, -0.2) is 28.7 Å². The van der Waals surface area contributed by atoms with E-state index >= 15 is 0 Å². The molecule has 0 spiro atoms. The van der Waals surface area contributed by atoms with E-state index in [1.165, 1.54) is 13.2 Å². The molecule has 0 radical (unpaired) electrons. The minimum atomic E-state index is -0.410. The summed E-state index contributed by atoms with van der Waals surface area (Å²) in [5.74, 6) is 0.0801. The van der Waals surface area contributed by atoms with Crippen molar-refractivity contribution in [3.8, 4) is 11.4 Å². The first kappa shape index (κ1) is 20.8. The Morgan fingerprint density at radius 1 is 1.17 bits per heavy atom. The molecule has 154 valence electrons. The highest BCUT2D eigenvalue weighted by Gasteiger charge is 2.15. The van der Waals surface area contributed by atoms with Gasteiger partial charge >= 0.3 is 0 Å². The van der Waals surface area contributed by atoms with Crippen molar-refractivity contribution in [1.29, 1.82) is 0 Å². The van der Waals surface area contributed by atoms with E-state index < -0.39 is 4.92 Å². The molecule has 3 rings (SSSR count). The number of benzene rings is 2. The number of rotatable bonds is 6. The number of ether oxygens (including phenoxy) is 1. The normalized spacial score (nSPS) is 10.9. The number of para-hydroxylation sites is 1. The lowest BCUT2D eigenvalue weighted by atomic mass is 10.1. The molecule has 1 amide bonds. The third kappa shape index (κ3) is 4.07. The number of methoxy groups -OCH3 is 1. The number of aromatic nitrogens is 1. The minimum Gasteiger partial charge on any atom is -0.496 e. The van der Waals surface area contributed by atoms with Gasteiger partial charge in [-0.1, -0.05) is 18.2 Å². The summed E-state index contributed by atoms with van der Waals surface area (Å²) in [5, 5.41) is 15.2. The van der Waals surface area contributed by atoms with Gasteiger partial charge in [0.1, 0.15) is 5.75 Å². The third-order valence-electron chi connectivity index (χ3n) is 4.84. The van der Waals surface area contributed by atoms with Gasteiger partial charge in [-0.25, -0.2) is 5.43 Å². The Morgan fingerprint density at radius 3 is 2.60 bits per heavy atom. The van der Waals surface area contributed by atoms with Crippen LogP contribution >= 0.6 is 0 Å². The van der Waals surface area contributed by atoms with Crippen LogP contribution in [0, 0.1) is 30.9 Å². The summed E-state index contributed by atoms with van der Waals surface area (Å²) in [5.41, 5.74) is 7.11. The fourth-order valence-corrected chi connectivity index (χ4v) is 3.29. The van der Waals surface area contributed by atoms with Crippen LogP contribution in [0.4, 0.5) is 5.69 Å². The highest BCUT2D eigenvalue weighted by Crippen LogP contribution is 2.26. The molecule has 8 nitrogen and oxygen atoms in total. The van der Waals surface area contributed by atoms with Crippen LogP contribution in [-0.2, 0) is 0 Å². The summed E-state index contributed by atoms with van der Waals surface area (Å²) in [6.45, 7) is 5.71. The quantitative estimate of drug-likeness (QED) is 0.379. The van der Waals surface area contributed by atoms with E-state index in [1.54, 1.807) is 42.6 Å². The molecule has 1 heterocycles. The minimum absolute atomic E-state index is 0.0300. The number of aryl methyl sites for hydroxylation is 2. The number of hydrogen-bond acceptors (Lipinski definition) is 5. The van der Waals surface area contributed by atoms with E-state index in [0.717, 1.165) is 28.2 Å². The van der Waals surface area contributed by atoms with Crippen LogP contribution in [0.3, 0.4) is 0 Å². The first-order valence-electron chi connectivity index (χ1n) is 9.24. The lowest BCUT2D eigenvalue weighted by Crippen LogP contribution is -2.18. The molecule has 0 saturated heterocycles. The molecule has 0 fully saturated rings. The van der Waals surface area contributed by atoms with Crippen molar-refractivity contribution >= 4 is 17.8 Å². The van der Waals surface area contributed by atoms with Gasteiger partial charge in [-0.15, -0.1) is 0 Å². The molecule has 1 aromatic heterocycles. The second kappa shape index (κ2) is 8.60. The standard InChI is InChI=1S/C22H22N4O4/c1-14-9-10-18(26(28)29)12-20(14)25-15(2)11-17(16(25)3)13-23-24-22(27)19-7-5-6-8-21(19)30-4/h5-13H,1-4H3,(H,24,27)/b23-13-. The molecule has 2 aromatic carbocycles. The van der Waals surface area contributed by atoms with E-state index in [2.05, 4.69) is 10.5 Å². The zero-order chi connectivity index (χ0) is 21.8. The average molecular weight is 406 g/mol. The molecule has 0 bridgehead atoms. The largest absolute Gasteiger partial charge is 0.496 e. The topological polar surface area (TPSA) is 98.8 Å². The number of amides is 1. The number of carbonyl (C=O) groups is 1. The van der Waals surface area contributed by atoms with Gasteiger partial charge in [0, 0.05) is 29.1 Å². The van der Waals surface area contributed by atoms with Gasteiger partial charge in [-0.3, -0.25) is 14.9 Å². The summed E-state index contributed by atoms with van der Waals surface area (Å²) in [7, 11) is 1.50. The highest BCUT2D eigenvalue weighted by molar-refractivity contribution is 5.97. The monoisotopic (exact) mass is 406 g/mol. The summed E-state index contributed by atoms with van der Waals surface area (Å²) in [6, 6.07) is 13.6. The van der Waals surface area contributed by atoms with Crippen molar-refractivity contribution in [2.75, 3.05) is 7.11 Å². The van der Waals surface area contributed by atoms with Crippen molar-refractivity contribution in [3.63, 3.8) is 0 Å². The Morgan fingerprint density at radius 2 is 1.90 bits per heavy atom. The highest BCUT2D eigenvalue weighted by atomic mass is 16.6. The van der Waals surface area contributed by atoms with E-state index in [4.69, 9.17) is 4.74 Å². The van der Waals surface area contributed by atoms with E-state index in [1.807, 2.05) is 31.4 Å². The third-order valence-corrected chi connectivity index (χ3v) is 4.84. The number of carbonyl (C=O) groups excluding carboxylic acids is 1. The summed E-state index contributed by atoms with van der Waals surface area (Å²) in [4.78, 5) is 23.1.